The topological polar surface area (TPSA) is 54.7 Å². The van der Waals surface area contributed by atoms with Crippen molar-refractivity contribution in [1.82, 2.24) is 9.97 Å². The molecule has 1 heterocycles. The molecule has 18 heavy (non-hydrogen) atoms. The monoisotopic (exact) mass is 305 g/mol. The van der Waals surface area contributed by atoms with Crippen LogP contribution in [-0.4, -0.2) is 9.97 Å². The Morgan fingerprint density at radius 2 is 2.00 bits per heavy atom. The predicted octanol–water partition coefficient (Wildman–Crippen LogP) is 3.71. The molecule has 3 N–H and O–H groups in total. The third-order valence-corrected chi connectivity index (χ3v) is 3.44. The highest BCUT2D eigenvalue weighted by Crippen LogP contribution is 2.27. The van der Waals surface area contributed by atoms with Crippen LogP contribution >= 0.6 is 15.9 Å². The summed E-state index contributed by atoms with van der Waals surface area (Å²) in [6.45, 7) is 0. The van der Waals surface area contributed by atoms with E-state index in [9.17, 15) is 4.39 Å². The molecule has 3 nitrogen and oxygen atoms in total. The number of aromatic amines is 1. The standard InChI is InChI=1S/C13H9BrFN3/c14-9-3-1-7(5-10(9)16)13-17-11-4-2-8(15)6-12(11)18-13/h1-6H,16H2,(H,17,18). The highest BCUT2D eigenvalue weighted by molar-refractivity contribution is 9.10. The van der Waals surface area contributed by atoms with Crippen LogP contribution in [0, 0.1) is 5.82 Å². The van der Waals surface area contributed by atoms with Crippen molar-refractivity contribution >= 4 is 32.7 Å². The van der Waals surface area contributed by atoms with Crippen LogP contribution in [-0.2, 0) is 0 Å². The Bertz CT molecular complexity index is 736. The zero-order valence-electron chi connectivity index (χ0n) is 9.24. The Balaban J connectivity index is 2.16. The summed E-state index contributed by atoms with van der Waals surface area (Å²) in [5.41, 5.74) is 8.74. The van der Waals surface area contributed by atoms with Gasteiger partial charge in [0.1, 0.15) is 11.6 Å². The van der Waals surface area contributed by atoms with Crippen molar-refractivity contribution in [3.63, 3.8) is 0 Å². The van der Waals surface area contributed by atoms with E-state index >= 15 is 0 Å². The summed E-state index contributed by atoms with van der Waals surface area (Å²) in [5, 5.41) is 0. The molecule has 90 valence electrons. The second-order valence-electron chi connectivity index (χ2n) is 3.98. The number of benzene rings is 2. The largest absolute Gasteiger partial charge is 0.398 e. The fourth-order valence-corrected chi connectivity index (χ4v) is 2.06. The minimum atomic E-state index is -0.284. The quantitative estimate of drug-likeness (QED) is 0.673. The molecule has 0 amide bonds. The lowest BCUT2D eigenvalue weighted by Gasteiger charge is -2.00. The molecule has 0 bridgehead atoms. The zero-order valence-corrected chi connectivity index (χ0v) is 10.8. The number of imidazole rings is 1. The average Bonchev–Trinajstić information content (AvgIpc) is 2.75. The van der Waals surface area contributed by atoms with Gasteiger partial charge in [-0.2, -0.15) is 0 Å². The van der Waals surface area contributed by atoms with Gasteiger partial charge in [-0.05, 0) is 52.3 Å². The van der Waals surface area contributed by atoms with Gasteiger partial charge in [0.2, 0.25) is 0 Å². The van der Waals surface area contributed by atoms with Gasteiger partial charge in [0.25, 0.3) is 0 Å². The van der Waals surface area contributed by atoms with E-state index in [0.29, 0.717) is 17.0 Å². The van der Waals surface area contributed by atoms with Crippen LogP contribution in [0.3, 0.4) is 0 Å². The molecule has 0 aliphatic heterocycles. The Hall–Kier alpha value is -1.88. The maximum atomic E-state index is 13.1. The van der Waals surface area contributed by atoms with Crippen LogP contribution in [0.25, 0.3) is 22.4 Å². The number of H-pyrrole nitrogens is 1. The predicted molar refractivity (Wildman–Crippen MR) is 73.6 cm³/mol. The Morgan fingerprint density at radius 3 is 2.78 bits per heavy atom. The first-order chi connectivity index (χ1) is 8.63. The van der Waals surface area contributed by atoms with Gasteiger partial charge in [-0.1, -0.05) is 0 Å². The number of halogens is 2. The van der Waals surface area contributed by atoms with Crippen LogP contribution in [0.1, 0.15) is 0 Å². The molecule has 0 spiro atoms. The first-order valence-electron chi connectivity index (χ1n) is 5.34. The van der Waals surface area contributed by atoms with Crippen LogP contribution in [0.5, 0.6) is 0 Å². The summed E-state index contributed by atoms with van der Waals surface area (Å²) in [5.74, 6) is 0.392. The molecule has 3 rings (SSSR count). The number of aromatic nitrogens is 2. The SMILES string of the molecule is Nc1cc(-c2nc3ccc(F)cc3[nH]2)ccc1Br. The summed E-state index contributed by atoms with van der Waals surface area (Å²) in [6, 6.07) is 10.0. The van der Waals surface area contributed by atoms with Crippen molar-refractivity contribution in [1.29, 1.82) is 0 Å². The molecule has 3 aromatic rings. The number of nitrogens with zero attached hydrogens (tertiary/aromatic N) is 1. The van der Waals surface area contributed by atoms with Crippen molar-refractivity contribution in [3.05, 3.63) is 46.7 Å². The lowest BCUT2D eigenvalue weighted by Crippen LogP contribution is -1.88. The molecule has 0 aliphatic carbocycles. The third kappa shape index (κ3) is 1.86. The Labute approximate surface area is 111 Å². The van der Waals surface area contributed by atoms with Crippen molar-refractivity contribution in [2.75, 3.05) is 5.73 Å². The molecule has 5 heteroatoms. The van der Waals surface area contributed by atoms with Crippen LogP contribution in [0.2, 0.25) is 0 Å². The fraction of sp³-hybridized carbons (Fsp3) is 0. The molecule has 0 aliphatic rings. The van der Waals surface area contributed by atoms with Crippen LogP contribution < -0.4 is 5.73 Å². The lowest BCUT2D eigenvalue weighted by atomic mass is 10.2. The number of anilines is 1. The van der Waals surface area contributed by atoms with Gasteiger partial charge >= 0.3 is 0 Å². The van der Waals surface area contributed by atoms with Gasteiger partial charge in [-0.25, -0.2) is 9.37 Å². The highest BCUT2D eigenvalue weighted by atomic mass is 79.9. The first kappa shape index (κ1) is 11.2. The maximum Gasteiger partial charge on any atom is 0.138 e. The Kier molecular flexibility index (Phi) is 2.56. The van der Waals surface area contributed by atoms with Gasteiger partial charge in [-0.15, -0.1) is 0 Å². The van der Waals surface area contributed by atoms with Crippen LogP contribution in [0.15, 0.2) is 40.9 Å². The summed E-state index contributed by atoms with van der Waals surface area (Å²) in [6.07, 6.45) is 0. The molecule has 0 atom stereocenters. The lowest BCUT2D eigenvalue weighted by molar-refractivity contribution is 0.629. The first-order valence-corrected chi connectivity index (χ1v) is 6.13. The summed E-state index contributed by atoms with van der Waals surface area (Å²) >= 11 is 3.34. The number of nitrogens with two attached hydrogens (primary N) is 1. The van der Waals surface area contributed by atoms with Gasteiger partial charge in [-0.3, -0.25) is 0 Å². The molecule has 0 radical (unpaired) electrons. The highest BCUT2D eigenvalue weighted by Gasteiger charge is 2.07. The number of nitrogens with one attached hydrogen (secondary N) is 1. The number of hydrogen-bond donors (Lipinski definition) is 2. The van der Waals surface area contributed by atoms with E-state index in [-0.39, 0.29) is 5.82 Å². The number of fused-ring (bicyclic) bond motifs is 1. The minimum absolute atomic E-state index is 0.284. The van der Waals surface area contributed by atoms with E-state index in [0.717, 1.165) is 15.6 Å². The Morgan fingerprint density at radius 1 is 1.17 bits per heavy atom. The smallest absolute Gasteiger partial charge is 0.138 e. The molecule has 0 fully saturated rings. The van der Waals surface area contributed by atoms with E-state index in [1.165, 1.54) is 12.1 Å². The van der Waals surface area contributed by atoms with Gasteiger partial charge in [0, 0.05) is 15.7 Å². The van der Waals surface area contributed by atoms with Crippen molar-refractivity contribution in [2.45, 2.75) is 0 Å². The number of rotatable bonds is 1. The summed E-state index contributed by atoms with van der Waals surface area (Å²) < 4.78 is 13.9. The van der Waals surface area contributed by atoms with E-state index in [1.54, 1.807) is 6.07 Å². The van der Waals surface area contributed by atoms with Crippen LogP contribution in [0.4, 0.5) is 10.1 Å². The van der Waals surface area contributed by atoms with E-state index in [1.807, 2.05) is 18.2 Å². The molecule has 2 aromatic carbocycles. The minimum Gasteiger partial charge on any atom is -0.398 e. The molecule has 0 saturated carbocycles. The van der Waals surface area contributed by atoms with Crippen molar-refractivity contribution in [3.8, 4) is 11.4 Å². The number of nitrogen functional groups attached to an aromatic ring is 1. The normalized spacial score (nSPS) is 11.0. The molecule has 1 aromatic heterocycles. The molecular formula is C13H9BrFN3. The zero-order chi connectivity index (χ0) is 12.7. The fourth-order valence-electron chi connectivity index (χ4n) is 1.81. The average molecular weight is 306 g/mol. The third-order valence-electron chi connectivity index (χ3n) is 2.71. The second-order valence-corrected chi connectivity index (χ2v) is 4.84. The van der Waals surface area contributed by atoms with Gasteiger partial charge in [0.05, 0.1) is 11.0 Å². The van der Waals surface area contributed by atoms with Gasteiger partial charge in [0.15, 0.2) is 0 Å². The number of hydrogen-bond acceptors (Lipinski definition) is 2. The van der Waals surface area contributed by atoms with Crippen molar-refractivity contribution < 1.29 is 4.39 Å². The molecule has 0 saturated heterocycles. The summed E-state index contributed by atoms with van der Waals surface area (Å²) in [7, 11) is 0. The second kappa shape index (κ2) is 4.10. The summed E-state index contributed by atoms with van der Waals surface area (Å²) in [4.78, 5) is 7.48. The molecule has 0 unspecified atom stereocenters. The molecular weight excluding hydrogens is 297 g/mol. The van der Waals surface area contributed by atoms with Crippen molar-refractivity contribution in [2.24, 2.45) is 0 Å². The van der Waals surface area contributed by atoms with E-state index < -0.39 is 0 Å². The van der Waals surface area contributed by atoms with E-state index in [2.05, 4.69) is 25.9 Å². The van der Waals surface area contributed by atoms with E-state index in [4.69, 9.17) is 5.73 Å². The van der Waals surface area contributed by atoms with Gasteiger partial charge < -0.3 is 10.7 Å². The maximum absolute atomic E-state index is 13.1.